The molecule has 17 heavy (non-hydrogen) atoms. The molecule has 0 radical (unpaired) electrons. The first kappa shape index (κ1) is 15.7. The maximum Gasteiger partial charge on any atom is 0.333 e. The molecule has 0 atom stereocenters. The van der Waals surface area contributed by atoms with Crippen LogP contribution in [-0.4, -0.2) is 12.6 Å². The molecule has 0 saturated carbocycles. The molecule has 96 valence electrons. The number of hydrogen-bond donors (Lipinski definition) is 0. The van der Waals surface area contributed by atoms with Crippen LogP contribution in [-0.2, 0) is 9.53 Å². The lowest BCUT2D eigenvalue weighted by Crippen LogP contribution is -2.04. The molecule has 0 heterocycles. The molecule has 0 aliphatic carbocycles. The maximum atomic E-state index is 11.3. The van der Waals surface area contributed by atoms with Gasteiger partial charge in [0.05, 0.1) is 6.61 Å². The van der Waals surface area contributed by atoms with Gasteiger partial charge in [-0.25, -0.2) is 4.79 Å². The first-order valence-electron chi connectivity index (χ1n) is 6.34. The van der Waals surface area contributed by atoms with Gasteiger partial charge in [0, 0.05) is 5.57 Å². The molecule has 0 rings (SSSR count). The summed E-state index contributed by atoms with van der Waals surface area (Å²) in [6.45, 7) is 6.08. The van der Waals surface area contributed by atoms with Crippen molar-refractivity contribution in [3.63, 3.8) is 0 Å². The summed E-state index contributed by atoms with van der Waals surface area (Å²) in [6, 6.07) is 0. The minimum absolute atomic E-state index is 0.194. The number of ether oxygens (including phenoxy) is 1. The van der Waals surface area contributed by atoms with Crippen molar-refractivity contribution in [3.8, 4) is 0 Å². The Morgan fingerprint density at radius 1 is 1.18 bits per heavy atom. The molecule has 2 heteroatoms. The number of carbonyl (C=O) groups is 1. The number of carbonyl (C=O) groups excluding carboxylic acids is 1. The van der Waals surface area contributed by atoms with Crippen molar-refractivity contribution in [2.75, 3.05) is 6.61 Å². The highest BCUT2D eigenvalue weighted by Gasteiger charge is 2.02. The summed E-state index contributed by atoms with van der Waals surface area (Å²) in [5.41, 5.74) is 0.719. The quantitative estimate of drug-likeness (QED) is 0.273. The predicted octanol–water partition coefficient (Wildman–Crippen LogP) is 4.19. The van der Waals surface area contributed by atoms with Crippen molar-refractivity contribution in [2.45, 2.75) is 46.5 Å². The minimum Gasteiger partial charge on any atom is -0.463 e. The lowest BCUT2D eigenvalue weighted by atomic mass is 10.1. The van der Waals surface area contributed by atoms with Crippen molar-refractivity contribution in [3.05, 3.63) is 36.0 Å². The van der Waals surface area contributed by atoms with Crippen LogP contribution >= 0.6 is 0 Å². The number of esters is 1. The number of rotatable bonds is 8. The van der Waals surface area contributed by atoms with Crippen LogP contribution in [0.5, 0.6) is 0 Å². The summed E-state index contributed by atoms with van der Waals surface area (Å²) in [5, 5.41) is 0. The molecule has 0 spiro atoms. The van der Waals surface area contributed by atoms with Gasteiger partial charge in [0.1, 0.15) is 0 Å². The Balaban J connectivity index is 3.62. The summed E-state index contributed by atoms with van der Waals surface area (Å²) in [4.78, 5) is 11.3. The highest BCUT2D eigenvalue weighted by molar-refractivity contribution is 5.87. The fourth-order valence-electron chi connectivity index (χ4n) is 1.34. The van der Waals surface area contributed by atoms with Gasteiger partial charge in [-0.05, 0) is 46.5 Å². The Morgan fingerprint density at radius 2 is 1.88 bits per heavy atom. The van der Waals surface area contributed by atoms with Crippen LogP contribution in [0.15, 0.2) is 36.0 Å². The highest BCUT2D eigenvalue weighted by atomic mass is 16.5. The van der Waals surface area contributed by atoms with E-state index in [1.807, 2.05) is 39.0 Å². The standard InChI is InChI=1S/C15H24O2/c1-4-6-7-8-9-10-11-12-13-14(3)15(16)17-5-2/h4,6-8,13H,5,9-12H2,1-3H3/b6-4+,8-7+,14-13+. The molecule has 0 N–H and O–H groups in total. The van der Waals surface area contributed by atoms with Crippen molar-refractivity contribution >= 4 is 5.97 Å². The first-order chi connectivity index (χ1) is 8.22. The topological polar surface area (TPSA) is 26.3 Å². The number of unbranched alkanes of at least 4 members (excludes halogenated alkanes) is 3. The SMILES string of the molecule is C/C=C/C=C/CCCC/C=C(\C)C(=O)OCC. The van der Waals surface area contributed by atoms with Gasteiger partial charge < -0.3 is 4.74 Å². The summed E-state index contributed by atoms with van der Waals surface area (Å²) >= 11 is 0. The van der Waals surface area contributed by atoms with E-state index in [-0.39, 0.29) is 5.97 Å². The summed E-state index contributed by atoms with van der Waals surface area (Å²) in [7, 11) is 0. The smallest absolute Gasteiger partial charge is 0.333 e. The minimum atomic E-state index is -0.194. The van der Waals surface area contributed by atoms with E-state index in [9.17, 15) is 4.79 Å². The Labute approximate surface area is 105 Å². The third-order valence-corrected chi connectivity index (χ3v) is 2.31. The Kier molecular flexibility index (Phi) is 10.3. The molecule has 0 aliphatic rings. The maximum absolute atomic E-state index is 11.3. The average molecular weight is 236 g/mol. The zero-order chi connectivity index (χ0) is 12.9. The lowest BCUT2D eigenvalue weighted by molar-refractivity contribution is -0.138. The third-order valence-electron chi connectivity index (χ3n) is 2.31. The van der Waals surface area contributed by atoms with Crippen molar-refractivity contribution in [1.29, 1.82) is 0 Å². The van der Waals surface area contributed by atoms with Gasteiger partial charge in [-0.1, -0.05) is 30.4 Å². The van der Waals surface area contributed by atoms with Gasteiger partial charge in [-0.15, -0.1) is 0 Å². The van der Waals surface area contributed by atoms with E-state index in [4.69, 9.17) is 4.74 Å². The predicted molar refractivity (Wildman–Crippen MR) is 72.8 cm³/mol. The fraction of sp³-hybridized carbons (Fsp3) is 0.533. The second kappa shape index (κ2) is 11.2. The normalized spacial score (nSPS) is 12.5. The summed E-state index contributed by atoms with van der Waals surface area (Å²) in [5.74, 6) is -0.194. The zero-order valence-corrected chi connectivity index (χ0v) is 11.2. The summed E-state index contributed by atoms with van der Waals surface area (Å²) in [6.07, 6.45) is 14.6. The van der Waals surface area contributed by atoms with Crippen molar-refractivity contribution in [1.82, 2.24) is 0 Å². The van der Waals surface area contributed by atoms with E-state index in [1.54, 1.807) is 0 Å². The van der Waals surface area contributed by atoms with E-state index in [0.29, 0.717) is 6.61 Å². The molecule has 2 nitrogen and oxygen atoms in total. The molecule has 0 aromatic carbocycles. The van der Waals surface area contributed by atoms with Crippen LogP contribution in [0.25, 0.3) is 0 Å². The van der Waals surface area contributed by atoms with Gasteiger partial charge in [0.2, 0.25) is 0 Å². The fourth-order valence-corrected chi connectivity index (χ4v) is 1.34. The van der Waals surface area contributed by atoms with Gasteiger partial charge in [0.15, 0.2) is 0 Å². The first-order valence-corrected chi connectivity index (χ1v) is 6.34. The van der Waals surface area contributed by atoms with Crippen LogP contribution in [0, 0.1) is 0 Å². The van der Waals surface area contributed by atoms with Crippen LogP contribution in [0.4, 0.5) is 0 Å². The van der Waals surface area contributed by atoms with Crippen LogP contribution in [0.1, 0.15) is 46.5 Å². The lowest BCUT2D eigenvalue weighted by Gasteiger charge is -2.01. The monoisotopic (exact) mass is 236 g/mol. The van der Waals surface area contributed by atoms with Crippen LogP contribution < -0.4 is 0 Å². The summed E-state index contributed by atoms with van der Waals surface area (Å²) < 4.78 is 4.90. The number of allylic oxidation sites excluding steroid dienone is 5. The van der Waals surface area contributed by atoms with Crippen LogP contribution in [0.2, 0.25) is 0 Å². The molecule has 0 aromatic heterocycles. The molecule has 0 saturated heterocycles. The third kappa shape index (κ3) is 9.61. The second-order valence-corrected chi connectivity index (χ2v) is 3.85. The highest BCUT2D eigenvalue weighted by Crippen LogP contribution is 2.05. The second-order valence-electron chi connectivity index (χ2n) is 3.85. The number of hydrogen-bond acceptors (Lipinski definition) is 2. The van der Waals surface area contributed by atoms with Gasteiger partial charge >= 0.3 is 5.97 Å². The molecule has 0 aromatic rings. The molecule has 0 unspecified atom stereocenters. The van der Waals surface area contributed by atoms with Crippen LogP contribution in [0.3, 0.4) is 0 Å². The molecule has 0 fully saturated rings. The van der Waals surface area contributed by atoms with E-state index in [0.717, 1.165) is 31.3 Å². The zero-order valence-electron chi connectivity index (χ0n) is 11.2. The Hall–Kier alpha value is -1.31. The van der Waals surface area contributed by atoms with Crippen molar-refractivity contribution in [2.24, 2.45) is 0 Å². The van der Waals surface area contributed by atoms with E-state index < -0.39 is 0 Å². The van der Waals surface area contributed by atoms with Gasteiger partial charge in [-0.2, -0.15) is 0 Å². The average Bonchev–Trinajstić information content (AvgIpc) is 2.32. The Bertz CT molecular complexity index is 285. The van der Waals surface area contributed by atoms with E-state index in [1.165, 1.54) is 0 Å². The molecule has 0 bridgehead atoms. The van der Waals surface area contributed by atoms with E-state index >= 15 is 0 Å². The molecular weight excluding hydrogens is 212 g/mol. The molecular formula is C15H24O2. The van der Waals surface area contributed by atoms with Crippen molar-refractivity contribution < 1.29 is 9.53 Å². The molecule has 0 aliphatic heterocycles. The largest absolute Gasteiger partial charge is 0.463 e. The molecule has 0 amide bonds. The van der Waals surface area contributed by atoms with Gasteiger partial charge in [-0.3, -0.25) is 0 Å². The Morgan fingerprint density at radius 3 is 2.53 bits per heavy atom. The van der Waals surface area contributed by atoms with E-state index in [2.05, 4.69) is 12.2 Å². The van der Waals surface area contributed by atoms with Gasteiger partial charge in [0.25, 0.3) is 0 Å².